The molecule has 0 amide bonds. The van der Waals surface area contributed by atoms with Crippen LogP contribution in [-0.2, 0) is 0 Å². The van der Waals surface area contributed by atoms with Crippen LogP contribution >= 0.6 is 15.9 Å². The van der Waals surface area contributed by atoms with E-state index >= 15 is 0 Å². The third kappa shape index (κ3) is 1.68. The van der Waals surface area contributed by atoms with Crippen LogP contribution in [-0.4, -0.2) is 12.6 Å². The molecule has 1 aliphatic rings. The molecule has 0 aliphatic carbocycles. The highest BCUT2D eigenvalue weighted by atomic mass is 79.9. The number of hydrogen-bond acceptors (Lipinski definition) is 3. The molecule has 5 heteroatoms. The van der Waals surface area contributed by atoms with Crippen LogP contribution in [0.15, 0.2) is 22.7 Å². The van der Waals surface area contributed by atoms with Crippen molar-refractivity contribution in [1.29, 1.82) is 0 Å². The maximum Gasteiger partial charge on any atom is 0.142 e. The Bertz CT molecular complexity index is 345. The van der Waals surface area contributed by atoms with Gasteiger partial charge in [0, 0.05) is 18.2 Å². The molecule has 2 atom stereocenters. The summed E-state index contributed by atoms with van der Waals surface area (Å²) in [6.45, 7) is 0.649. The second-order valence-corrected chi connectivity index (χ2v) is 4.16. The lowest BCUT2D eigenvalue weighted by atomic mass is 10.0. The van der Waals surface area contributed by atoms with E-state index in [-0.39, 0.29) is 17.9 Å². The van der Waals surface area contributed by atoms with E-state index in [4.69, 9.17) is 5.73 Å². The summed E-state index contributed by atoms with van der Waals surface area (Å²) < 4.78 is 14.1. The molecule has 1 aliphatic heterocycles. The lowest BCUT2D eigenvalue weighted by molar-refractivity contribution is 0.508. The van der Waals surface area contributed by atoms with Crippen molar-refractivity contribution in [2.75, 3.05) is 6.54 Å². The number of hydrogen-bond donors (Lipinski definition) is 3. The summed E-state index contributed by atoms with van der Waals surface area (Å²) >= 11 is 3.15. The van der Waals surface area contributed by atoms with Gasteiger partial charge in [0.25, 0.3) is 0 Å². The molecule has 1 heterocycles. The average molecular weight is 260 g/mol. The minimum Gasteiger partial charge on any atom is -0.325 e. The maximum atomic E-state index is 13.7. The van der Waals surface area contributed by atoms with Gasteiger partial charge in [-0.1, -0.05) is 12.1 Å². The van der Waals surface area contributed by atoms with Gasteiger partial charge in [0.05, 0.1) is 10.5 Å². The zero-order valence-electron chi connectivity index (χ0n) is 7.43. The first kappa shape index (κ1) is 10.0. The second-order valence-electron chi connectivity index (χ2n) is 3.31. The first-order valence-electron chi connectivity index (χ1n) is 4.38. The van der Waals surface area contributed by atoms with Crippen LogP contribution in [0, 0.1) is 5.82 Å². The van der Waals surface area contributed by atoms with Crippen LogP contribution in [0.2, 0.25) is 0 Å². The van der Waals surface area contributed by atoms with E-state index in [2.05, 4.69) is 26.8 Å². The van der Waals surface area contributed by atoms with Gasteiger partial charge < -0.3 is 5.73 Å². The fourth-order valence-electron chi connectivity index (χ4n) is 1.58. The molecular formula is C9H11BrFN3. The second kappa shape index (κ2) is 3.94. The summed E-state index contributed by atoms with van der Waals surface area (Å²) in [5.74, 6) is -0.246. The fourth-order valence-corrected chi connectivity index (χ4v) is 1.96. The van der Waals surface area contributed by atoms with Crippen molar-refractivity contribution < 1.29 is 4.39 Å². The molecule has 1 aromatic rings. The Morgan fingerprint density at radius 2 is 2.29 bits per heavy atom. The topological polar surface area (TPSA) is 50.1 Å². The highest BCUT2D eigenvalue weighted by Crippen LogP contribution is 2.26. The molecule has 1 saturated heterocycles. The minimum atomic E-state index is -0.246. The highest BCUT2D eigenvalue weighted by molar-refractivity contribution is 9.10. The number of rotatable bonds is 1. The molecule has 1 aromatic carbocycles. The first-order valence-corrected chi connectivity index (χ1v) is 5.17. The van der Waals surface area contributed by atoms with Crippen molar-refractivity contribution in [3.05, 3.63) is 34.1 Å². The van der Waals surface area contributed by atoms with E-state index in [1.165, 1.54) is 0 Å². The van der Waals surface area contributed by atoms with Gasteiger partial charge in [-0.3, -0.25) is 5.43 Å². The third-order valence-electron chi connectivity index (χ3n) is 2.34. The SMILES string of the molecule is NC1CNNC1c1cccc(Br)c1F. The van der Waals surface area contributed by atoms with Crippen molar-refractivity contribution in [2.45, 2.75) is 12.1 Å². The Kier molecular flexibility index (Phi) is 2.83. The molecule has 14 heavy (non-hydrogen) atoms. The van der Waals surface area contributed by atoms with Gasteiger partial charge in [-0.15, -0.1) is 0 Å². The predicted molar refractivity (Wildman–Crippen MR) is 56.0 cm³/mol. The van der Waals surface area contributed by atoms with Gasteiger partial charge in [0.15, 0.2) is 0 Å². The van der Waals surface area contributed by atoms with Gasteiger partial charge in [0.1, 0.15) is 5.82 Å². The van der Waals surface area contributed by atoms with E-state index < -0.39 is 0 Å². The van der Waals surface area contributed by atoms with E-state index in [9.17, 15) is 4.39 Å². The Morgan fingerprint density at radius 1 is 1.50 bits per heavy atom. The van der Waals surface area contributed by atoms with Crippen molar-refractivity contribution in [3.63, 3.8) is 0 Å². The van der Waals surface area contributed by atoms with E-state index in [1.54, 1.807) is 18.2 Å². The zero-order valence-corrected chi connectivity index (χ0v) is 9.01. The van der Waals surface area contributed by atoms with E-state index in [0.29, 0.717) is 16.6 Å². The number of nitrogens with two attached hydrogens (primary N) is 1. The van der Waals surface area contributed by atoms with Crippen LogP contribution in [0.25, 0.3) is 0 Å². The van der Waals surface area contributed by atoms with E-state index in [0.717, 1.165) is 0 Å². The fraction of sp³-hybridized carbons (Fsp3) is 0.333. The van der Waals surface area contributed by atoms with Gasteiger partial charge in [0.2, 0.25) is 0 Å². The molecule has 3 nitrogen and oxygen atoms in total. The number of halogens is 2. The number of benzene rings is 1. The Labute approximate surface area is 90.0 Å². The molecule has 0 radical (unpaired) electrons. The number of hydrazine groups is 1. The van der Waals surface area contributed by atoms with Crippen molar-refractivity contribution in [2.24, 2.45) is 5.73 Å². The zero-order chi connectivity index (χ0) is 10.1. The Morgan fingerprint density at radius 3 is 2.93 bits per heavy atom. The maximum absolute atomic E-state index is 13.7. The van der Waals surface area contributed by atoms with Gasteiger partial charge in [-0.2, -0.15) is 0 Å². The van der Waals surface area contributed by atoms with Crippen LogP contribution in [0.1, 0.15) is 11.6 Å². The van der Waals surface area contributed by atoms with Crippen LogP contribution in [0.3, 0.4) is 0 Å². The Balaban J connectivity index is 2.36. The molecular weight excluding hydrogens is 249 g/mol. The molecule has 0 saturated carbocycles. The predicted octanol–water partition coefficient (Wildman–Crippen LogP) is 1.06. The molecule has 0 spiro atoms. The lowest BCUT2D eigenvalue weighted by Gasteiger charge is -2.15. The van der Waals surface area contributed by atoms with Crippen LogP contribution in [0.4, 0.5) is 4.39 Å². The first-order chi connectivity index (χ1) is 6.70. The molecule has 76 valence electrons. The monoisotopic (exact) mass is 259 g/mol. The third-order valence-corrected chi connectivity index (χ3v) is 2.95. The van der Waals surface area contributed by atoms with Crippen molar-refractivity contribution in [3.8, 4) is 0 Å². The summed E-state index contributed by atoms with van der Waals surface area (Å²) in [6, 6.07) is 4.96. The molecule has 4 N–H and O–H groups in total. The number of nitrogens with one attached hydrogen (secondary N) is 2. The molecule has 1 fully saturated rings. The molecule has 0 bridgehead atoms. The highest BCUT2D eigenvalue weighted by Gasteiger charge is 2.27. The molecule has 2 rings (SSSR count). The normalized spacial score (nSPS) is 26.8. The standard InChI is InChI=1S/C9H11BrFN3/c10-6-3-1-2-5(8(6)11)9-7(12)4-13-14-9/h1-3,7,9,13-14H,4,12H2. The van der Waals surface area contributed by atoms with Gasteiger partial charge in [-0.25, -0.2) is 9.82 Å². The summed E-state index contributed by atoms with van der Waals surface area (Å²) in [7, 11) is 0. The van der Waals surface area contributed by atoms with Crippen molar-refractivity contribution >= 4 is 15.9 Å². The minimum absolute atomic E-state index is 0.0983. The summed E-state index contributed by atoms with van der Waals surface area (Å²) in [4.78, 5) is 0. The molecule has 0 aromatic heterocycles. The van der Waals surface area contributed by atoms with Crippen LogP contribution < -0.4 is 16.6 Å². The van der Waals surface area contributed by atoms with E-state index in [1.807, 2.05) is 0 Å². The Hall–Kier alpha value is -0.490. The summed E-state index contributed by atoms with van der Waals surface area (Å²) in [6.07, 6.45) is 0. The molecule has 2 unspecified atom stereocenters. The quantitative estimate of drug-likeness (QED) is 0.707. The largest absolute Gasteiger partial charge is 0.325 e. The summed E-state index contributed by atoms with van der Waals surface area (Å²) in [5, 5.41) is 0. The van der Waals surface area contributed by atoms with Crippen LogP contribution in [0.5, 0.6) is 0 Å². The smallest absolute Gasteiger partial charge is 0.142 e. The lowest BCUT2D eigenvalue weighted by Crippen LogP contribution is -2.30. The van der Waals surface area contributed by atoms with Gasteiger partial charge >= 0.3 is 0 Å². The van der Waals surface area contributed by atoms with Crippen molar-refractivity contribution in [1.82, 2.24) is 10.9 Å². The summed E-state index contributed by atoms with van der Waals surface area (Å²) in [5.41, 5.74) is 12.3. The average Bonchev–Trinajstić information content (AvgIpc) is 2.57. The van der Waals surface area contributed by atoms with Gasteiger partial charge in [-0.05, 0) is 22.0 Å².